The minimum absolute atomic E-state index is 0.139. The third-order valence-corrected chi connectivity index (χ3v) is 4.13. The molecule has 6 heteroatoms. The molecule has 0 radical (unpaired) electrons. The SMILES string of the molecule is COCCN(Cc1c(C)nn(C)c1C)C(=O)Nc1cccc(C)c1. The number of hydrogen-bond donors (Lipinski definition) is 1. The van der Waals surface area contributed by atoms with Crippen LogP contribution in [0.3, 0.4) is 0 Å². The molecule has 2 rings (SSSR count). The molecule has 6 nitrogen and oxygen atoms in total. The lowest BCUT2D eigenvalue weighted by Gasteiger charge is -2.23. The van der Waals surface area contributed by atoms with E-state index in [1.807, 2.05) is 56.8 Å². The van der Waals surface area contributed by atoms with Crippen molar-refractivity contribution in [1.82, 2.24) is 14.7 Å². The minimum Gasteiger partial charge on any atom is -0.383 e. The fourth-order valence-electron chi connectivity index (χ4n) is 2.62. The predicted octanol–water partition coefficient (Wildman–Crippen LogP) is 3.03. The van der Waals surface area contributed by atoms with Crippen LogP contribution in [0.15, 0.2) is 24.3 Å². The van der Waals surface area contributed by atoms with Gasteiger partial charge in [-0.2, -0.15) is 5.10 Å². The first-order valence-electron chi connectivity index (χ1n) is 8.03. The second-order valence-electron chi connectivity index (χ2n) is 5.99. The fraction of sp³-hybridized carbons (Fsp3) is 0.444. The molecule has 1 heterocycles. The molecule has 0 aliphatic carbocycles. The third-order valence-electron chi connectivity index (χ3n) is 4.13. The van der Waals surface area contributed by atoms with Gasteiger partial charge in [-0.1, -0.05) is 12.1 Å². The van der Waals surface area contributed by atoms with Gasteiger partial charge in [0.25, 0.3) is 0 Å². The maximum Gasteiger partial charge on any atom is 0.322 e. The highest BCUT2D eigenvalue weighted by molar-refractivity contribution is 5.89. The minimum atomic E-state index is -0.139. The molecule has 130 valence electrons. The van der Waals surface area contributed by atoms with Crippen molar-refractivity contribution in [3.8, 4) is 0 Å². The molecular weight excluding hydrogens is 304 g/mol. The van der Waals surface area contributed by atoms with Gasteiger partial charge in [-0.05, 0) is 38.5 Å². The van der Waals surface area contributed by atoms with E-state index in [4.69, 9.17) is 4.74 Å². The Morgan fingerprint density at radius 1 is 1.33 bits per heavy atom. The zero-order chi connectivity index (χ0) is 17.7. The molecule has 0 spiro atoms. The average Bonchev–Trinajstić information content (AvgIpc) is 2.77. The Kier molecular flexibility index (Phi) is 5.98. The maximum atomic E-state index is 12.7. The molecule has 0 atom stereocenters. The number of methoxy groups -OCH3 is 1. The summed E-state index contributed by atoms with van der Waals surface area (Å²) in [6.07, 6.45) is 0. The van der Waals surface area contributed by atoms with Crippen molar-refractivity contribution in [3.63, 3.8) is 0 Å². The molecule has 1 N–H and O–H groups in total. The number of carbonyl (C=O) groups is 1. The van der Waals surface area contributed by atoms with Gasteiger partial charge in [-0.25, -0.2) is 4.79 Å². The van der Waals surface area contributed by atoms with Crippen molar-refractivity contribution in [2.45, 2.75) is 27.3 Å². The van der Waals surface area contributed by atoms with Crippen LogP contribution in [0.4, 0.5) is 10.5 Å². The first kappa shape index (κ1) is 18.0. The van der Waals surface area contributed by atoms with E-state index in [-0.39, 0.29) is 6.03 Å². The number of nitrogens with zero attached hydrogens (tertiary/aromatic N) is 3. The van der Waals surface area contributed by atoms with Crippen molar-refractivity contribution in [1.29, 1.82) is 0 Å². The number of urea groups is 1. The van der Waals surface area contributed by atoms with E-state index in [0.29, 0.717) is 19.7 Å². The van der Waals surface area contributed by atoms with E-state index in [9.17, 15) is 4.79 Å². The number of hydrogen-bond acceptors (Lipinski definition) is 3. The van der Waals surface area contributed by atoms with Crippen LogP contribution in [-0.2, 0) is 18.3 Å². The Balaban J connectivity index is 2.16. The summed E-state index contributed by atoms with van der Waals surface area (Å²) in [5, 5.41) is 7.39. The zero-order valence-electron chi connectivity index (χ0n) is 15.1. The van der Waals surface area contributed by atoms with E-state index in [1.165, 1.54) is 0 Å². The Morgan fingerprint density at radius 3 is 2.67 bits per heavy atom. The summed E-state index contributed by atoms with van der Waals surface area (Å²) in [5.41, 5.74) is 4.99. The van der Waals surface area contributed by atoms with Crippen molar-refractivity contribution >= 4 is 11.7 Å². The Labute approximate surface area is 143 Å². The lowest BCUT2D eigenvalue weighted by Crippen LogP contribution is -2.37. The number of aryl methyl sites for hydroxylation is 3. The normalized spacial score (nSPS) is 10.7. The summed E-state index contributed by atoms with van der Waals surface area (Å²) in [6.45, 7) is 7.49. The van der Waals surface area contributed by atoms with Crippen LogP contribution in [0, 0.1) is 20.8 Å². The van der Waals surface area contributed by atoms with E-state index in [1.54, 1.807) is 12.0 Å². The van der Waals surface area contributed by atoms with Crippen LogP contribution in [0.2, 0.25) is 0 Å². The lowest BCUT2D eigenvalue weighted by atomic mass is 10.2. The highest BCUT2D eigenvalue weighted by atomic mass is 16.5. The van der Waals surface area contributed by atoms with Crippen LogP contribution in [0.25, 0.3) is 0 Å². The highest BCUT2D eigenvalue weighted by Crippen LogP contribution is 2.16. The van der Waals surface area contributed by atoms with Crippen molar-refractivity contribution in [3.05, 3.63) is 46.8 Å². The molecule has 0 unspecified atom stereocenters. The molecule has 2 amide bonds. The second-order valence-corrected chi connectivity index (χ2v) is 5.99. The van der Waals surface area contributed by atoms with Gasteiger partial charge >= 0.3 is 6.03 Å². The van der Waals surface area contributed by atoms with Gasteiger partial charge < -0.3 is 15.0 Å². The zero-order valence-corrected chi connectivity index (χ0v) is 15.1. The fourth-order valence-corrected chi connectivity index (χ4v) is 2.62. The number of benzene rings is 1. The molecule has 0 saturated heterocycles. The molecule has 0 bridgehead atoms. The number of rotatable bonds is 6. The van der Waals surface area contributed by atoms with E-state index < -0.39 is 0 Å². The first-order chi connectivity index (χ1) is 11.4. The standard InChI is InChI=1S/C18H26N4O2/c1-13-7-6-8-16(11-13)19-18(23)22(9-10-24-5)12-17-14(2)20-21(4)15(17)3/h6-8,11H,9-10,12H2,1-5H3,(H,19,23). The molecular formula is C18H26N4O2. The molecule has 0 fully saturated rings. The Morgan fingerprint density at radius 2 is 2.08 bits per heavy atom. The Bertz CT molecular complexity index is 709. The number of amides is 2. The summed E-state index contributed by atoms with van der Waals surface area (Å²) >= 11 is 0. The van der Waals surface area contributed by atoms with Gasteiger partial charge in [-0.15, -0.1) is 0 Å². The molecule has 0 aliphatic heterocycles. The molecule has 2 aromatic rings. The van der Waals surface area contributed by atoms with Gasteiger partial charge in [0.2, 0.25) is 0 Å². The van der Waals surface area contributed by atoms with E-state index >= 15 is 0 Å². The van der Waals surface area contributed by atoms with Crippen molar-refractivity contribution in [2.24, 2.45) is 7.05 Å². The van der Waals surface area contributed by atoms with Gasteiger partial charge in [0, 0.05) is 37.6 Å². The van der Waals surface area contributed by atoms with Crippen LogP contribution in [0.1, 0.15) is 22.5 Å². The average molecular weight is 330 g/mol. The number of aromatic nitrogens is 2. The van der Waals surface area contributed by atoms with Crippen molar-refractivity contribution in [2.75, 3.05) is 25.6 Å². The molecule has 24 heavy (non-hydrogen) atoms. The van der Waals surface area contributed by atoms with Crippen LogP contribution in [-0.4, -0.2) is 41.0 Å². The second kappa shape index (κ2) is 7.97. The van der Waals surface area contributed by atoms with Gasteiger partial charge in [0.05, 0.1) is 18.8 Å². The quantitative estimate of drug-likeness (QED) is 0.886. The molecule has 0 saturated carbocycles. The number of anilines is 1. The monoisotopic (exact) mass is 330 g/mol. The highest BCUT2D eigenvalue weighted by Gasteiger charge is 2.18. The number of nitrogens with one attached hydrogen (secondary N) is 1. The smallest absolute Gasteiger partial charge is 0.322 e. The number of ether oxygens (including phenoxy) is 1. The maximum absolute atomic E-state index is 12.7. The molecule has 1 aromatic heterocycles. The van der Waals surface area contributed by atoms with Gasteiger partial charge in [0.1, 0.15) is 0 Å². The Hall–Kier alpha value is -2.34. The summed E-state index contributed by atoms with van der Waals surface area (Å²) in [5.74, 6) is 0. The summed E-state index contributed by atoms with van der Waals surface area (Å²) < 4.78 is 7.00. The first-order valence-corrected chi connectivity index (χ1v) is 8.03. The predicted molar refractivity (Wildman–Crippen MR) is 95.2 cm³/mol. The van der Waals surface area contributed by atoms with Crippen LogP contribution < -0.4 is 5.32 Å². The van der Waals surface area contributed by atoms with Gasteiger partial charge in [-0.3, -0.25) is 4.68 Å². The summed E-state index contributed by atoms with van der Waals surface area (Å²) in [4.78, 5) is 14.4. The van der Waals surface area contributed by atoms with E-state index in [2.05, 4.69) is 10.4 Å². The van der Waals surface area contributed by atoms with Crippen molar-refractivity contribution < 1.29 is 9.53 Å². The van der Waals surface area contributed by atoms with Crippen LogP contribution in [0.5, 0.6) is 0 Å². The third kappa shape index (κ3) is 4.35. The largest absolute Gasteiger partial charge is 0.383 e. The lowest BCUT2D eigenvalue weighted by molar-refractivity contribution is 0.152. The topological polar surface area (TPSA) is 59.4 Å². The molecule has 1 aromatic carbocycles. The van der Waals surface area contributed by atoms with Crippen LogP contribution >= 0.6 is 0 Å². The van der Waals surface area contributed by atoms with Gasteiger partial charge in [0.15, 0.2) is 0 Å². The summed E-state index contributed by atoms with van der Waals surface area (Å²) in [7, 11) is 3.55. The van der Waals surface area contributed by atoms with E-state index in [0.717, 1.165) is 28.2 Å². The summed E-state index contributed by atoms with van der Waals surface area (Å²) in [6, 6.07) is 7.63. The molecule has 0 aliphatic rings. The number of carbonyl (C=O) groups excluding carboxylic acids is 1.